The minimum atomic E-state index is 0.698. The lowest BCUT2D eigenvalue weighted by atomic mass is 10.0. The molecule has 0 atom stereocenters. The Balaban J connectivity index is 1.19. The molecule has 4 aromatic carbocycles. The summed E-state index contributed by atoms with van der Waals surface area (Å²) in [5, 5.41) is 13.7. The number of aromatic nitrogens is 2. The molecule has 0 fully saturated rings. The zero-order valence-corrected chi connectivity index (χ0v) is 25.7. The summed E-state index contributed by atoms with van der Waals surface area (Å²) in [6.07, 6.45) is 0. The highest BCUT2D eigenvalue weighted by molar-refractivity contribution is 7.14. The second-order valence-electron chi connectivity index (χ2n) is 9.17. The second kappa shape index (κ2) is 12.4. The minimum absolute atomic E-state index is 0.698. The van der Waals surface area contributed by atoms with Crippen LogP contribution in [0.5, 0.6) is 11.5 Å². The van der Waals surface area contributed by atoms with Crippen LogP contribution in [0.4, 0.5) is 21.6 Å². The van der Waals surface area contributed by atoms with Crippen LogP contribution in [0.3, 0.4) is 0 Å². The van der Waals surface area contributed by atoms with Crippen molar-refractivity contribution in [2.24, 2.45) is 0 Å². The highest BCUT2D eigenvalue weighted by Crippen LogP contribution is 2.38. The van der Waals surface area contributed by atoms with E-state index in [0.717, 1.165) is 55.3 Å². The van der Waals surface area contributed by atoms with Gasteiger partial charge in [-0.05, 0) is 59.7 Å². The van der Waals surface area contributed by atoms with Crippen LogP contribution in [0.15, 0.2) is 95.7 Å². The molecule has 0 saturated heterocycles. The monoisotopic (exact) mass is 630 g/mol. The van der Waals surface area contributed by atoms with E-state index in [1.807, 2.05) is 95.7 Å². The van der Waals surface area contributed by atoms with Gasteiger partial charge < -0.3 is 20.1 Å². The Morgan fingerprint density at radius 2 is 0.929 bits per heavy atom. The molecule has 10 heteroatoms. The molecule has 6 rings (SSSR count). The number of anilines is 4. The zero-order valence-electron chi connectivity index (χ0n) is 22.5. The minimum Gasteiger partial charge on any atom is -0.495 e. The van der Waals surface area contributed by atoms with E-state index < -0.39 is 0 Å². The summed E-state index contributed by atoms with van der Waals surface area (Å²) in [6, 6.07) is 27.3. The van der Waals surface area contributed by atoms with Crippen molar-refractivity contribution in [3.8, 4) is 45.1 Å². The van der Waals surface area contributed by atoms with Gasteiger partial charge in [0.15, 0.2) is 10.3 Å². The van der Waals surface area contributed by atoms with E-state index in [9.17, 15) is 0 Å². The lowest BCUT2D eigenvalue weighted by Gasteiger charge is -2.14. The van der Waals surface area contributed by atoms with Crippen molar-refractivity contribution in [2.45, 2.75) is 0 Å². The Bertz CT molecular complexity index is 1700. The molecule has 2 N–H and O–H groups in total. The quantitative estimate of drug-likeness (QED) is 0.166. The number of thiazole rings is 2. The Kier molecular flexibility index (Phi) is 8.30. The maximum atomic E-state index is 6.02. The van der Waals surface area contributed by atoms with Crippen molar-refractivity contribution in [3.05, 3.63) is 106 Å². The molecule has 6 nitrogen and oxygen atoms in total. The predicted molar refractivity (Wildman–Crippen MR) is 177 cm³/mol. The highest BCUT2D eigenvalue weighted by Gasteiger charge is 2.13. The molecule has 6 aromatic rings. The number of methoxy groups -OCH3 is 2. The first-order chi connectivity index (χ1) is 20.5. The number of nitrogens with zero attached hydrogens (tertiary/aromatic N) is 2. The number of hydrogen-bond acceptors (Lipinski definition) is 8. The first kappa shape index (κ1) is 28.1. The standard InChI is InChI=1S/C32H24Cl2N4O2S2/c1-39-29-15-21(7-13-25(29)35-31-37-27(17-41-31)19-3-9-23(33)10-4-19)22-8-14-26(30(16-22)40-2)36-32-38-28(18-42-32)20-5-11-24(34)12-6-20/h3-18H,1-2H3,(H,35,37)(H,36,38). The lowest BCUT2D eigenvalue weighted by Crippen LogP contribution is -1.96. The largest absolute Gasteiger partial charge is 0.495 e. The normalized spacial score (nSPS) is 10.9. The van der Waals surface area contributed by atoms with Gasteiger partial charge in [0, 0.05) is 31.9 Å². The molecule has 42 heavy (non-hydrogen) atoms. The summed E-state index contributed by atoms with van der Waals surface area (Å²) in [4.78, 5) is 9.45. The Morgan fingerprint density at radius 1 is 0.548 bits per heavy atom. The van der Waals surface area contributed by atoms with Crippen LogP contribution in [0.1, 0.15) is 0 Å². The molecule has 2 heterocycles. The van der Waals surface area contributed by atoms with Crippen molar-refractivity contribution in [3.63, 3.8) is 0 Å². The third kappa shape index (κ3) is 6.22. The third-order valence-electron chi connectivity index (χ3n) is 6.51. The average Bonchev–Trinajstić information content (AvgIpc) is 3.68. The van der Waals surface area contributed by atoms with Gasteiger partial charge in [0.05, 0.1) is 37.0 Å². The van der Waals surface area contributed by atoms with Crippen LogP contribution in [-0.4, -0.2) is 24.2 Å². The van der Waals surface area contributed by atoms with Crippen molar-refractivity contribution < 1.29 is 9.47 Å². The van der Waals surface area contributed by atoms with Crippen molar-refractivity contribution >= 4 is 67.5 Å². The summed E-state index contributed by atoms with van der Waals surface area (Å²) in [6.45, 7) is 0. The van der Waals surface area contributed by atoms with E-state index in [4.69, 9.17) is 42.6 Å². The van der Waals surface area contributed by atoms with Crippen LogP contribution >= 0.6 is 45.9 Å². The van der Waals surface area contributed by atoms with Crippen LogP contribution in [0.25, 0.3) is 33.6 Å². The number of nitrogens with one attached hydrogen (secondary N) is 2. The van der Waals surface area contributed by atoms with Crippen molar-refractivity contribution in [1.82, 2.24) is 9.97 Å². The van der Waals surface area contributed by atoms with Gasteiger partial charge >= 0.3 is 0 Å². The number of benzene rings is 4. The molecule has 0 aliphatic carbocycles. The maximum absolute atomic E-state index is 6.02. The molecule has 210 valence electrons. The SMILES string of the molecule is COc1cc(-c2ccc(Nc3nc(-c4ccc(Cl)cc4)cs3)c(OC)c2)ccc1Nc1nc(-c2ccc(Cl)cc2)cs1. The van der Waals surface area contributed by atoms with Crippen LogP contribution < -0.4 is 20.1 Å². The molecule has 0 saturated carbocycles. The number of rotatable bonds is 9. The smallest absolute Gasteiger partial charge is 0.187 e. The summed E-state index contributed by atoms with van der Waals surface area (Å²) in [7, 11) is 3.32. The van der Waals surface area contributed by atoms with Gasteiger partial charge in [0.1, 0.15) is 11.5 Å². The summed E-state index contributed by atoms with van der Waals surface area (Å²) >= 11 is 15.1. The number of ether oxygens (including phenoxy) is 2. The first-order valence-corrected chi connectivity index (χ1v) is 15.3. The first-order valence-electron chi connectivity index (χ1n) is 12.8. The van der Waals surface area contributed by atoms with E-state index in [1.54, 1.807) is 14.2 Å². The molecule has 0 aliphatic rings. The van der Waals surface area contributed by atoms with Gasteiger partial charge in [-0.25, -0.2) is 9.97 Å². The molecular weight excluding hydrogens is 607 g/mol. The fourth-order valence-corrected chi connectivity index (χ4v) is 6.06. The Hall–Kier alpha value is -4.08. The second-order valence-corrected chi connectivity index (χ2v) is 11.8. The van der Waals surface area contributed by atoms with E-state index in [0.29, 0.717) is 21.5 Å². The Labute approximate surface area is 261 Å². The third-order valence-corrected chi connectivity index (χ3v) is 8.53. The molecule has 0 unspecified atom stereocenters. The molecule has 0 spiro atoms. The van der Waals surface area contributed by atoms with Crippen LogP contribution in [0.2, 0.25) is 10.0 Å². The summed E-state index contributed by atoms with van der Waals surface area (Å²) in [5.41, 5.74) is 7.41. The van der Waals surface area contributed by atoms with Crippen molar-refractivity contribution in [2.75, 3.05) is 24.9 Å². The van der Waals surface area contributed by atoms with E-state index >= 15 is 0 Å². The van der Waals surface area contributed by atoms with Gasteiger partial charge in [-0.1, -0.05) is 59.6 Å². The molecule has 2 aromatic heterocycles. The molecule has 0 radical (unpaired) electrons. The molecular formula is C32H24Cl2N4O2S2. The average molecular weight is 632 g/mol. The van der Waals surface area contributed by atoms with E-state index in [1.165, 1.54) is 22.7 Å². The van der Waals surface area contributed by atoms with E-state index in [2.05, 4.69) is 10.6 Å². The molecule has 0 aliphatic heterocycles. The number of halogens is 2. The predicted octanol–water partition coefficient (Wildman–Crippen LogP) is 10.4. The lowest BCUT2D eigenvalue weighted by molar-refractivity contribution is 0.416. The molecule has 0 bridgehead atoms. The van der Waals surface area contributed by atoms with E-state index in [-0.39, 0.29) is 0 Å². The van der Waals surface area contributed by atoms with Crippen molar-refractivity contribution in [1.29, 1.82) is 0 Å². The topological polar surface area (TPSA) is 68.3 Å². The zero-order chi connectivity index (χ0) is 29.1. The molecule has 0 amide bonds. The highest BCUT2D eigenvalue weighted by atomic mass is 35.5. The van der Waals surface area contributed by atoms with Crippen LogP contribution in [-0.2, 0) is 0 Å². The van der Waals surface area contributed by atoms with Gasteiger partial charge in [-0.2, -0.15) is 0 Å². The van der Waals surface area contributed by atoms with Gasteiger partial charge in [0.25, 0.3) is 0 Å². The number of hydrogen-bond donors (Lipinski definition) is 2. The van der Waals surface area contributed by atoms with Gasteiger partial charge in [-0.15, -0.1) is 22.7 Å². The van der Waals surface area contributed by atoms with Crippen LogP contribution in [0, 0.1) is 0 Å². The summed E-state index contributed by atoms with van der Waals surface area (Å²) < 4.78 is 11.5. The Morgan fingerprint density at radius 3 is 1.31 bits per heavy atom. The van der Waals surface area contributed by atoms with Gasteiger partial charge in [0.2, 0.25) is 0 Å². The fourth-order valence-electron chi connectivity index (χ4n) is 4.35. The fraction of sp³-hybridized carbons (Fsp3) is 0.0625. The maximum Gasteiger partial charge on any atom is 0.187 e. The van der Waals surface area contributed by atoms with Gasteiger partial charge in [-0.3, -0.25) is 0 Å². The summed E-state index contributed by atoms with van der Waals surface area (Å²) in [5.74, 6) is 1.41.